The van der Waals surface area contributed by atoms with E-state index in [0.29, 0.717) is 17.4 Å². The molecule has 3 atom stereocenters. The van der Waals surface area contributed by atoms with Crippen molar-refractivity contribution in [3.8, 4) is 0 Å². The SMILES string of the molecule is CC/C=C\C/C=C\C/C=C\C/C=C\C/C=C\CCCCCCCCCCCC(=O)OC(/C=C\CCCCCCCCCCCC)C(COP(=O)(O)OCC[N+](C)(C)C)NC(=O)CCCCCCC/C=C/CCCCCCCCC. The fraction of sp³-hybridized carbons (Fsp3) is 0.768. The van der Waals surface area contributed by atoms with Crippen LogP contribution in [0.5, 0.6) is 0 Å². The monoisotopic (exact) mass is 1130 g/mol. The molecule has 10 heteroatoms. The number of unbranched alkanes of at least 4 members (excludes halogenated alkanes) is 31. The third kappa shape index (κ3) is 59.6. The fourth-order valence-corrected chi connectivity index (χ4v) is 9.99. The van der Waals surface area contributed by atoms with E-state index in [4.69, 9.17) is 13.8 Å². The highest BCUT2D eigenvalue weighted by Gasteiger charge is 2.30. The lowest BCUT2D eigenvalue weighted by Gasteiger charge is -2.27. The molecule has 0 aromatic carbocycles. The first-order valence-electron chi connectivity index (χ1n) is 32.9. The van der Waals surface area contributed by atoms with E-state index in [1.807, 2.05) is 33.3 Å². The van der Waals surface area contributed by atoms with E-state index in [0.717, 1.165) is 122 Å². The van der Waals surface area contributed by atoms with Crippen molar-refractivity contribution in [2.75, 3.05) is 40.9 Å². The van der Waals surface area contributed by atoms with Crippen molar-refractivity contribution in [3.63, 3.8) is 0 Å². The number of carbonyl (C=O) groups excluding carboxylic acids is 2. The number of allylic oxidation sites excluding steroid dienone is 13. The van der Waals surface area contributed by atoms with Crippen molar-refractivity contribution < 1.29 is 37.3 Å². The molecule has 0 aliphatic rings. The van der Waals surface area contributed by atoms with Crippen LogP contribution in [0, 0.1) is 0 Å². The van der Waals surface area contributed by atoms with Crippen molar-refractivity contribution in [2.45, 2.75) is 303 Å². The van der Waals surface area contributed by atoms with Gasteiger partial charge in [-0.25, -0.2) is 4.57 Å². The summed E-state index contributed by atoms with van der Waals surface area (Å²) in [6, 6.07) is -0.858. The Balaban J connectivity index is 5.16. The van der Waals surface area contributed by atoms with E-state index in [-0.39, 0.29) is 31.5 Å². The van der Waals surface area contributed by atoms with Gasteiger partial charge in [0.25, 0.3) is 0 Å². The second-order valence-electron chi connectivity index (χ2n) is 23.3. The number of hydrogen-bond acceptors (Lipinski definition) is 6. The van der Waals surface area contributed by atoms with E-state index in [2.05, 4.69) is 99.0 Å². The van der Waals surface area contributed by atoms with Gasteiger partial charge >= 0.3 is 13.8 Å². The number of esters is 1. The van der Waals surface area contributed by atoms with Crippen LogP contribution in [-0.2, 0) is 27.9 Å². The molecule has 0 aliphatic heterocycles. The summed E-state index contributed by atoms with van der Waals surface area (Å²) in [7, 11) is 1.48. The molecular formula is C69H126N2O7P+. The Morgan fingerprint density at radius 2 is 0.810 bits per heavy atom. The van der Waals surface area contributed by atoms with Crippen LogP contribution < -0.4 is 5.32 Å². The maximum atomic E-state index is 13.6. The number of amides is 1. The summed E-state index contributed by atoms with van der Waals surface area (Å²) in [5.74, 6) is -0.519. The quantitative estimate of drug-likeness (QED) is 0.0205. The first kappa shape index (κ1) is 76.2. The van der Waals surface area contributed by atoms with Crippen LogP contribution in [0.15, 0.2) is 85.1 Å². The molecule has 0 saturated heterocycles. The van der Waals surface area contributed by atoms with Crippen LogP contribution in [0.2, 0.25) is 0 Å². The Morgan fingerprint density at radius 1 is 0.456 bits per heavy atom. The van der Waals surface area contributed by atoms with Gasteiger partial charge in [0.1, 0.15) is 19.3 Å². The van der Waals surface area contributed by atoms with Gasteiger partial charge in [0, 0.05) is 12.8 Å². The van der Waals surface area contributed by atoms with Gasteiger partial charge in [0.2, 0.25) is 5.91 Å². The van der Waals surface area contributed by atoms with E-state index in [1.165, 1.54) is 135 Å². The number of phosphoric ester groups is 1. The molecule has 0 spiro atoms. The highest BCUT2D eigenvalue weighted by atomic mass is 31.2. The average Bonchev–Trinajstić information content (AvgIpc) is 3.41. The minimum absolute atomic E-state index is 0.0352. The fourth-order valence-electron chi connectivity index (χ4n) is 9.26. The number of phosphoric acid groups is 1. The van der Waals surface area contributed by atoms with Gasteiger partial charge in [0.05, 0.1) is 33.8 Å². The second-order valence-corrected chi connectivity index (χ2v) is 24.7. The lowest BCUT2D eigenvalue weighted by Crippen LogP contribution is -2.47. The number of ether oxygens (including phenoxy) is 1. The van der Waals surface area contributed by atoms with Crippen molar-refractivity contribution >= 4 is 19.7 Å². The summed E-state index contributed by atoms with van der Waals surface area (Å²) < 4.78 is 30.7. The Bertz CT molecular complexity index is 1630. The molecule has 458 valence electrons. The lowest BCUT2D eigenvalue weighted by atomic mass is 10.0. The Labute approximate surface area is 488 Å². The smallest absolute Gasteiger partial charge is 0.456 e. The predicted molar refractivity (Wildman–Crippen MR) is 341 cm³/mol. The number of quaternary nitrogens is 1. The molecule has 9 nitrogen and oxygen atoms in total. The molecule has 0 bridgehead atoms. The molecule has 1 amide bonds. The highest BCUT2D eigenvalue weighted by molar-refractivity contribution is 7.47. The van der Waals surface area contributed by atoms with E-state index in [1.54, 1.807) is 0 Å². The van der Waals surface area contributed by atoms with Gasteiger partial charge in [0.15, 0.2) is 0 Å². The number of nitrogens with one attached hydrogen (secondary N) is 1. The largest absolute Gasteiger partial charge is 0.472 e. The van der Waals surface area contributed by atoms with Gasteiger partial charge < -0.3 is 19.4 Å². The van der Waals surface area contributed by atoms with Crippen LogP contribution in [0.3, 0.4) is 0 Å². The van der Waals surface area contributed by atoms with Gasteiger partial charge in [-0.05, 0) is 102 Å². The number of hydrogen-bond donors (Lipinski definition) is 2. The van der Waals surface area contributed by atoms with Gasteiger partial charge in [-0.3, -0.25) is 18.6 Å². The Hall–Kier alpha value is -2.81. The normalized spacial score (nSPS) is 14.2. The summed E-state index contributed by atoms with van der Waals surface area (Å²) in [6.45, 7) is 6.90. The number of carbonyl (C=O) groups is 2. The maximum Gasteiger partial charge on any atom is 0.472 e. The van der Waals surface area contributed by atoms with Gasteiger partial charge in [-0.2, -0.15) is 0 Å². The molecule has 79 heavy (non-hydrogen) atoms. The Morgan fingerprint density at radius 3 is 1.23 bits per heavy atom. The van der Waals surface area contributed by atoms with Crippen molar-refractivity contribution in [3.05, 3.63) is 85.1 Å². The van der Waals surface area contributed by atoms with Crippen molar-refractivity contribution in [1.82, 2.24) is 5.32 Å². The number of rotatable bonds is 59. The minimum atomic E-state index is -4.46. The second kappa shape index (κ2) is 58.4. The van der Waals surface area contributed by atoms with Crippen LogP contribution in [0.25, 0.3) is 0 Å². The standard InChI is InChI=1S/C69H125N2O7P/c1-7-10-13-16-19-22-25-28-30-32-33-34-35-36-37-38-39-40-42-44-47-50-53-56-59-62-69(73)78-67(60-57-54-51-48-45-27-24-21-18-15-12-9-3)66(65-77-79(74,75)76-64-63-71(4,5)6)70-68(72)61-58-55-52-49-46-43-41-31-29-26-23-20-17-14-11-8-2/h10,13,19,22,28,30-31,33-34,36-37,41,57,60,66-67H,7-9,11-12,14-18,20-21,23-27,29,32,35,38-40,42-56,58-59,61-65H2,1-6H3,(H-,70,72,74,75)/p+1/b13-10-,22-19-,30-28-,34-33-,37-36-,41-31+,60-57-. The molecule has 3 unspecified atom stereocenters. The molecule has 0 aliphatic carbocycles. The summed E-state index contributed by atoms with van der Waals surface area (Å²) in [5.41, 5.74) is 0. The predicted octanol–water partition coefficient (Wildman–Crippen LogP) is 20.6. The summed E-state index contributed by atoms with van der Waals surface area (Å²) in [4.78, 5) is 37.8. The van der Waals surface area contributed by atoms with E-state index >= 15 is 0 Å². The molecule has 0 radical (unpaired) electrons. The highest BCUT2D eigenvalue weighted by Crippen LogP contribution is 2.43. The van der Waals surface area contributed by atoms with Crippen molar-refractivity contribution in [2.24, 2.45) is 0 Å². The third-order valence-corrected chi connectivity index (χ3v) is 15.3. The maximum absolute atomic E-state index is 13.6. The molecule has 0 aromatic rings. The summed E-state index contributed by atoms with van der Waals surface area (Å²) in [5, 5.41) is 3.05. The van der Waals surface area contributed by atoms with Crippen molar-refractivity contribution in [1.29, 1.82) is 0 Å². The zero-order chi connectivity index (χ0) is 57.9. The van der Waals surface area contributed by atoms with E-state index < -0.39 is 20.0 Å². The average molecular weight is 1130 g/mol. The van der Waals surface area contributed by atoms with Crippen LogP contribution in [-0.4, -0.2) is 74.3 Å². The van der Waals surface area contributed by atoms with Crippen LogP contribution >= 0.6 is 7.82 Å². The molecule has 0 heterocycles. The number of likely N-dealkylation sites (N-methyl/N-ethyl adjacent to an activating group) is 1. The molecule has 2 N–H and O–H groups in total. The zero-order valence-corrected chi connectivity index (χ0v) is 53.2. The van der Waals surface area contributed by atoms with E-state index in [9.17, 15) is 19.0 Å². The molecule has 0 rings (SSSR count). The zero-order valence-electron chi connectivity index (χ0n) is 52.3. The van der Waals surface area contributed by atoms with Crippen LogP contribution in [0.1, 0.15) is 290 Å². The Kier molecular flexibility index (Phi) is 56.3. The summed E-state index contributed by atoms with van der Waals surface area (Å²) in [6.07, 6.45) is 77.2. The molecule has 0 saturated carbocycles. The summed E-state index contributed by atoms with van der Waals surface area (Å²) >= 11 is 0. The lowest BCUT2D eigenvalue weighted by molar-refractivity contribution is -0.870. The third-order valence-electron chi connectivity index (χ3n) is 14.3. The van der Waals surface area contributed by atoms with Gasteiger partial charge in [-0.15, -0.1) is 0 Å². The molecule has 0 aromatic heterocycles. The molecule has 0 fully saturated rings. The molecular weight excluding hydrogens is 1000 g/mol. The van der Waals surface area contributed by atoms with Gasteiger partial charge in [-0.1, -0.05) is 260 Å². The first-order valence-corrected chi connectivity index (χ1v) is 34.4. The number of nitrogens with zero attached hydrogens (tertiary/aromatic N) is 1. The topological polar surface area (TPSA) is 111 Å². The minimum Gasteiger partial charge on any atom is -0.456 e. The van der Waals surface area contributed by atoms with Crippen LogP contribution in [0.4, 0.5) is 0 Å². The first-order chi connectivity index (χ1) is 38.4.